The molecule has 0 saturated carbocycles. The molecule has 1 aliphatic rings. The van der Waals surface area contributed by atoms with Crippen LogP contribution in [0.15, 0.2) is 59.7 Å². The Hall–Kier alpha value is -2.48. The lowest BCUT2D eigenvalue weighted by Gasteiger charge is -2.15. The summed E-state index contributed by atoms with van der Waals surface area (Å²) in [6, 6.07) is 17.4. The van der Waals surface area contributed by atoms with Crippen molar-refractivity contribution in [2.24, 2.45) is 5.11 Å². The molecule has 0 amide bonds. The molecule has 2 aromatic carbocycles. The number of halogens is 1. The quantitative estimate of drug-likeness (QED) is 0.343. The van der Waals surface area contributed by atoms with E-state index in [9.17, 15) is 0 Å². The average Bonchev–Trinajstić information content (AvgIpc) is 3.03. The van der Waals surface area contributed by atoms with E-state index in [1.807, 2.05) is 42.5 Å². The van der Waals surface area contributed by atoms with Crippen LogP contribution in [0.5, 0.6) is 0 Å². The maximum Gasteiger partial charge on any atom is 0.108 e. The van der Waals surface area contributed by atoms with Crippen molar-refractivity contribution in [3.05, 3.63) is 81.2 Å². The van der Waals surface area contributed by atoms with Gasteiger partial charge in [0.1, 0.15) is 6.61 Å². The van der Waals surface area contributed by atoms with E-state index < -0.39 is 0 Å². The number of likely N-dealkylation sites (tertiary alicyclic amines) is 1. The van der Waals surface area contributed by atoms with E-state index in [4.69, 9.17) is 21.9 Å². The maximum atomic E-state index is 8.81. The van der Waals surface area contributed by atoms with Crippen LogP contribution < -0.4 is 0 Å². The molecule has 0 unspecified atom stereocenters. The molecule has 1 saturated heterocycles. The summed E-state index contributed by atoms with van der Waals surface area (Å²) in [6.45, 7) is 2.52. The van der Waals surface area contributed by atoms with E-state index >= 15 is 0 Å². The zero-order chi connectivity index (χ0) is 18.2. The minimum atomic E-state index is -0.193. The molecule has 132 valence electrons. The fourth-order valence-corrected chi connectivity index (χ4v) is 3.09. The van der Waals surface area contributed by atoms with Crippen molar-refractivity contribution >= 4 is 11.6 Å². The van der Waals surface area contributed by atoms with E-state index in [-0.39, 0.29) is 12.1 Å². The minimum Gasteiger partial charge on any atom is -0.364 e. The molecule has 0 aliphatic carbocycles. The number of azide groups is 1. The molecule has 26 heavy (non-hydrogen) atoms. The van der Waals surface area contributed by atoms with Crippen LogP contribution in [-0.4, -0.2) is 36.7 Å². The van der Waals surface area contributed by atoms with Gasteiger partial charge in [0.25, 0.3) is 0 Å². The highest BCUT2D eigenvalue weighted by atomic mass is 35.5. The van der Waals surface area contributed by atoms with Crippen molar-refractivity contribution in [3.63, 3.8) is 0 Å². The number of ether oxygens (including phenoxy) is 1. The Morgan fingerprint density at radius 2 is 1.92 bits per heavy atom. The van der Waals surface area contributed by atoms with Crippen LogP contribution in [0, 0.1) is 11.8 Å². The SMILES string of the molecule is [N-]=[N+]=N[C@@H]1CN(Cc2ccccc2)C[C@H]1OCC#Cc1ccc(Cl)cc1. The molecule has 2 atom stereocenters. The fraction of sp³-hybridized carbons (Fsp3) is 0.300. The molecule has 1 aliphatic heterocycles. The molecule has 0 spiro atoms. The average molecular weight is 367 g/mol. The highest BCUT2D eigenvalue weighted by Crippen LogP contribution is 2.19. The van der Waals surface area contributed by atoms with Gasteiger partial charge in [0.2, 0.25) is 0 Å². The van der Waals surface area contributed by atoms with E-state index in [2.05, 4.69) is 38.9 Å². The summed E-state index contributed by atoms with van der Waals surface area (Å²) >= 11 is 5.86. The van der Waals surface area contributed by atoms with Gasteiger partial charge in [0.05, 0.1) is 12.1 Å². The van der Waals surface area contributed by atoms with Crippen LogP contribution in [0.4, 0.5) is 0 Å². The van der Waals surface area contributed by atoms with Gasteiger partial charge >= 0.3 is 0 Å². The smallest absolute Gasteiger partial charge is 0.108 e. The van der Waals surface area contributed by atoms with Crippen LogP contribution in [0.25, 0.3) is 10.4 Å². The Morgan fingerprint density at radius 3 is 2.65 bits per heavy atom. The molecule has 3 rings (SSSR count). The Balaban J connectivity index is 1.55. The molecule has 1 fully saturated rings. The van der Waals surface area contributed by atoms with Crippen LogP contribution in [-0.2, 0) is 11.3 Å². The topological polar surface area (TPSA) is 61.2 Å². The Morgan fingerprint density at radius 1 is 1.15 bits per heavy atom. The van der Waals surface area contributed by atoms with Crippen molar-refractivity contribution in [1.29, 1.82) is 0 Å². The predicted octanol–water partition coefficient (Wildman–Crippen LogP) is 4.27. The molecule has 2 aromatic rings. The van der Waals surface area contributed by atoms with Gasteiger partial charge in [-0.1, -0.05) is 58.9 Å². The van der Waals surface area contributed by atoms with Crippen molar-refractivity contribution in [2.45, 2.75) is 18.7 Å². The van der Waals surface area contributed by atoms with E-state index in [1.54, 1.807) is 0 Å². The maximum absolute atomic E-state index is 8.81. The van der Waals surface area contributed by atoms with Crippen LogP contribution in [0.3, 0.4) is 0 Å². The second-order valence-corrected chi connectivity index (χ2v) is 6.55. The molecule has 1 heterocycles. The lowest BCUT2D eigenvalue weighted by molar-refractivity contribution is 0.0742. The van der Waals surface area contributed by atoms with Crippen LogP contribution in [0.1, 0.15) is 11.1 Å². The predicted molar refractivity (Wildman–Crippen MR) is 103 cm³/mol. The first-order valence-corrected chi connectivity index (χ1v) is 8.79. The van der Waals surface area contributed by atoms with Gasteiger partial charge in [-0.3, -0.25) is 4.90 Å². The standard InChI is InChI=1S/C20H19ClN4O/c21-18-10-8-16(9-11-18)7-4-12-26-20-15-25(14-19(20)23-24-22)13-17-5-2-1-3-6-17/h1-3,5-6,8-11,19-20H,12-15H2/t19-,20-/m1/s1. The molecule has 0 bridgehead atoms. The highest BCUT2D eigenvalue weighted by molar-refractivity contribution is 6.30. The third kappa shape index (κ3) is 5.26. The van der Waals surface area contributed by atoms with Crippen molar-refractivity contribution in [3.8, 4) is 11.8 Å². The molecular weight excluding hydrogens is 348 g/mol. The fourth-order valence-electron chi connectivity index (χ4n) is 2.96. The molecule has 0 N–H and O–H groups in total. The largest absolute Gasteiger partial charge is 0.364 e. The van der Waals surface area contributed by atoms with E-state index in [0.717, 1.165) is 18.7 Å². The second kappa shape index (κ2) is 9.28. The molecule has 0 radical (unpaired) electrons. The van der Waals surface area contributed by atoms with Crippen LogP contribution in [0.2, 0.25) is 5.02 Å². The Kier molecular flexibility index (Phi) is 6.54. The van der Waals surface area contributed by atoms with Crippen molar-refractivity contribution in [2.75, 3.05) is 19.7 Å². The number of hydrogen-bond acceptors (Lipinski definition) is 3. The molecular formula is C20H19ClN4O. The first-order chi connectivity index (χ1) is 12.7. The van der Waals surface area contributed by atoms with E-state index in [0.29, 0.717) is 18.2 Å². The third-order valence-electron chi connectivity index (χ3n) is 4.21. The minimum absolute atomic E-state index is 0.144. The number of hydrogen-bond donors (Lipinski definition) is 0. The third-order valence-corrected chi connectivity index (χ3v) is 4.46. The summed E-state index contributed by atoms with van der Waals surface area (Å²) in [5, 5.41) is 4.58. The number of nitrogens with zero attached hydrogens (tertiary/aromatic N) is 4. The Labute approximate surface area is 158 Å². The molecule has 6 heteroatoms. The first kappa shape index (κ1) is 18.3. The van der Waals surface area contributed by atoms with Gasteiger partial charge < -0.3 is 4.74 Å². The van der Waals surface area contributed by atoms with Gasteiger partial charge in [-0.05, 0) is 35.4 Å². The molecule has 5 nitrogen and oxygen atoms in total. The summed E-state index contributed by atoms with van der Waals surface area (Å²) in [7, 11) is 0. The van der Waals surface area contributed by atoms with Crippen molar-refractivity contribution in [1.82, 2.24) is 4.90 Å². The zero-order valence-electron chi connectivity index (χ0n) is 14.3. The molecule has 0 aromatic heterocycles. The van der Waals surface area contributed by atoms with Gasteiger partial charge in [0.15, 0.2) is 0 Å². The monoisotopic (exact) mass is 366 g/mol. The number of rotatable bonds is 5. The zero-order valence-corrected chi connectivity index (χ0v) is 15.0. The van der Waals surface area contributed by atoms with E-state index in [1.165, 1.54) is 5.56 Å². The van der Waals surface area contributed by atoms with Gasteiger partial charge in [-0.25, -0.2) is 0 Å². The summed E-state index contributed by atoms with van der Waals surface area (Å²) in [5.74, 6) is 6.05. The van der Waals surface area contributed by atoms with Gasteiger partial charge in [-0.15, -0.1) is 0 Å². The normalized spacial score (nSPS) is 19.4. The summed E-state index contributed by atoms with van der Waals surface area (Å²) < 4.78 is 5.88. The van der Waals surface area contributed by atoms with Gasteiger partial charge in [0, 0.05) is 35.1 Å². The highest BCUT2D eigenvalue weighted by Gasteiger charge is 2.32. The van der Waals surface area contributed by atoms with Gasteiger partial charge in [-0.2, -0.15) is 0 Å². The summed E-state index contributed by atoms with van der Waals surface area (Å²) in [5.41, 5.74) is 10.9. The number of benzene rings is 2. The first-order valence-electron chi connectivity index (χ1n) is 8.41. The van der Waals surface area contributed by atoms with Crippen molar-refractivity contribution < 1.29 is 4.74 Å². The van der Waals surface area contributed by atoms with Crippen LogP contribution >= 0.6 is 11.6 Å². The second-order valence-electron chi connectivity index (χ2n) is 6.11. The lowest BCUT2D eigenvalue weighted by atomic mass is 10.2. The lowest BCUT2D eigenvalue weighted by Crippen LogP contribution is -2.25. The summed E-state index contributed by atoms with van der Waals surface area (Å²) in [6.07, 6.45) is -0.144. The summed E-state index contributed by atoms with van der Waals surface area (Å²) in [4.78, 5) is 5.21. The Bertz CT molecular complexity index is 822.